The van der Waals surface area contributed by atoms with Crippen LogP contribution in [0.25, 0.3) is 23.0 Å². The van der Waals surface area contributed by atoms with Crippen molar-refractivity contribution in [3.63, 3.8) is 0 Å². The lowest BCUT2D eigenvalue weighted by atomic mass is 10.1. The minimum atomic E-state index is -0.256. The first kappa shape index (κ1) is 39.3. The van der Waals surface area contributed by atoms with Gasteiger partial charge in [0.25, 0.3) is 11.1 Å². The van der Waals surface area contributed by atoms with E-state index in [4.69, 9.17) is 9.47 Å². The monoisotopic (exact) mass is 780 g/mol. The van der Waals surface area contributed by atoms with Crippen molar-refractivity contribution in [3.05, 3.63) is 152 Å². The average molecular weight is 781 g/mol. The summed E-state index contributed by atoms with van der Waals surface area (Å²) in [7, 11) is 0. The van der Waals surface area contributed by atoms with E-state index in [9.17, 15) is 19.2 Å². The minimum Gasteiger partial charge on any atom is -0.486 e. The van der Waals surface area contributed by atoms with Crippen molar-refractivity contribution in [1.29, 1.82) is 0 Å². The molecule has 14 nitrogen and oxygen atoms in total. The van der Waals surface area contributed by atoms with Gasteiger partial charge in [-0.3, -0.25) is 29.1 Å². The molecule has 14 heteroatoms. The van der Waals surface area contributed by atoms with Gasteiger partial charge in [0, 0.05) is 47.8 Å². The summed E-state index contributed by atoms with van der Waals surface area (Å²) in [6.45, 7) is 4.26. The number of amides is 2. The minimum absolute atomic E-state index is 0.0469. The Bertz CT molecular complexity index is 2510. The molecule has 2 amide bonds. The summed E-state index contributed by atoms with van der Waals surface area (Å²) in [5.41, 5.74) is 5.50. The number of fused-ring (bicyclic) bond motifs is 2. The van der Waals surface area contributed by atoms with Crippen molar-refractivity contribution in [1.82, 2.24) is 40.5 Å². The number of hydrogen-bond donors (Lipinski definition) is 4. The number of hydrogen-bond acceptors (Lipinski definition) is 10. The lowest BCUT2D eigenvalue weighted by Crippen LogP contribution is -2.40. The number of ether oxygens (including phenoxy) is 2. The van der Waals surface area contributed by atoms with Crippen molar-refractivity contribution in [2.75, 3.05) is 13.2 Å². The average Bonchev–Trinajstić information content (AvgIpc) is 3.65. The zero-order valence-electron chi connectivity index (χ0n) is 32.3. The van der Waals surface area contributed by atoms with Crippen LogP contribution in [0.15, 0.2) is 107 Å². The summed E-state index contributed by atoms with van der Waals surface area (Å²) in [6, 6.07) is 26.6. The molecule has 0 saturated heterocycles. The van der Waals surface area contributed by atoms with Crippen LogP contribution in [0, 0.1) is 13.8 Å². The number of pyridine rings is 2. The molecule has 2 unspecified atom stereocenters. The third kappa shape index (κ3) is 9.70. The number of H-pyrrole nitrogens is 2. The van der Waals surface area contributed by atoms with Crippen molar-refractivity contribution < 1.29 is 19.1 Å². The number of nitrogens with zero attached hydrogens (tertiary/aromatic N) is 4. The Morgan fingerprint density at radius 3 is 1.90 bits per heavy atom. The maximum absolute atomic E-state index is 12.5. The van der Waals surface area contributed by atoms with Crippen LogP contribution in [0.3, 0.4) is 0 Å². The van der Waals surface area contributed by atoms with Crippen LogP contribution in [0.2, 0.25) is 0 Å². The molecule has 0 saturated carbocycles. The molecule has 2 atom stereocenters. The number of rotatable bonds is 11. The van der Waals surface area contributed by atoms with Gasteiger partial charge in [-0.2, -0.15) is 0 Å². The zero-order valence-corrected chi connectivity index (χ0v) is 32.3. The molecule has 8 rings (SSSR count). The number of aromatic nitrogens is 6. The molecule has 2 aromatic carbocycles. The van der Waals surface area contributed by atoms with Crippen LogP contribution in [-0.2, 0) is 28.9 Å². The molecule has 58 heavy (non-hydrogen) atoms. The Kier molecular flexibility index (Phi) is 12.4. The standard InChI is InChI=1S/C22H22N4O4.C22H22N4O2/c1-14-16(22(28)26-21(25-14)17-6-4-5-11-23-17)9-10-20(27)24-12-15-13-29-18-7-2-3-8-19(18)30-15;1-14-16(22(28)26-21(24-14)19-8-4-5-13-23-19)10-12-20(27)25-18-11-9-15-6-2-3-7-17(15)18/h2-8,11,15H,9-10,12-13H2,1H3,(H,24,27)(H,25,26,28);2-8,13,18H,9-12H2,1H3,(H,25,27)(H,24,26,28). The normalized spacial score (nSPS) is 15.1. The predicted octanol–water partition coefficient (Wildman–Crippen LogP) is 4.91. The lowest BCUT2D eigenvalue weighted by Gasteiger charge is -2.26. The summed E-state index contributed by atoms with van der Waals surface area (Å²) in [6.07, 6.45) is 6.04. The summed E-state index contributed by atoms with van der Waals surface area (Å²) in [4.78, 5) is 72.5. The third-order valence-corrected chi connectivity index (χ3v) is 10.0. The molecule has 0 radical (unpaired) electrons. The van der Waals surface area contributed by atoms with E-state index >= 15 is 0 Å². The van der Waals surface area contributed by atoms with Gasteiger partial charge in [0.15, 0.2) is 23.1 Å². The van der Waals surface area contributed by atoms with Gasteiger partial charge < -0.3 is 30.1 Å². The fourth-order valence-corrected chi connectivity index (χ4v) is 6.99. The van der Waals surface area contributed by atoms with Crippen molar-refractivity contribution in [3.8, 4) is 34.5 Å². The van der Waals surface area contributed by atoms with Crippen LogP contribution >= 0.6 is 0 Å². The molecule has 0 bridgehead atoms. The van der Waals surface area contributed by atoms with Gasteiger partial charge in [-0.1, -0.05) is 48.5 Å². The highest BCUT2D eigenvalue weighted by Crippen LogP contribution is 2.31. The zero-order chi connectivity index (χ0) is 40.4. The lowest BCUT2D eigenvalue weighted by molar-refractivity contribution is -0.122. The maximum Gasteiger partial charge on any atom is 0.254 e. The second-order valence-corrected chi connectivity index (χ2v) is 14.0. The van der Waals surface area contributed by atoms with Gasteiger partial charge in [0.2, 0.25) is 11.8 Å². The van der Waals surface area contributed by atoms with E-state index in [1.807, 2.05) is 54.6 Å². The van der Waals surface area contributed by atoms with Crippen LogP contribution in [0.5, 0.6) is 11.5 Å². The van der Waals surface area contributed by atoms with Crippen LogP contribution in [0.4, 0.5) is 0 Å². The highest BCUT2D eigenvalue weighted by molar-refractivity contribution is 5.77. The van der Waals surface area contributed by atoms with Crippen LogP contribution in [0.1, 0.15) is 58.9 Å². The fraction of sp³-hybridized carbons (Fsp3) is 0.273. The topological polar surface area (TPSA) is 194 Å². The Morgan fingerprint density at radius 1 is 0.724 bits per heavy atom. The molecule has 296 valence electrons. The largest absolute Gasteiger partial charge is 0.486 e. The Labute approximate surface area is 334 Å². The summed E-state index contributed by atoms with van der Waals surface area (Å²) >= 11 is 0. The molecule has 5 heterocycles. The Hall–Kier alpha value is -6.96. The molecule has 4 aromatic heterocycles. The van der Waals surface area contributed by atoms with Gasteiger partial charge in [0.1, 0.15) is 24.1 Å². The van der Waals surface area contributed by atoms with Crippen molar-refractivity contribution in [2.45, 2.75) is 64.5 Å². The molecule has 6 aromatic rings. The quantitative estimate of drug-likeness (QED) is 0.140. The number of carbonyl (C=O) groups excluding carboxylic acids is 2. The van der Waals surface area contributed by atoms with E-state index in [-0.39, 0.29) is 47.9 Å². The SMILES string of the molecule is Cc1nc(-c2ccccn2)[nH]c(=O)c1CCC(=O)NC1CCc2ccccc21.Cc1nc(-c2ccccn2)[nH]c(=O)c1CCC(=O)NCC1COc2ccccc2O1. The van der Waals surface area contributed by atoms with Gasteiger partial charge in [0.05, 0.1) is 12.6 Å². The number of aromatic amines is 2. The molecule has 1 aliphatic heterocycles. The summed E-state index contributed by atoms with van der Waals surface area (Å²) < 4.78 is 11.5. The van der Waals surface area contributed by atoms with E-state index in [0.717, 1.165) is 12.8 Å². The Balaban J connectivity index is 0.000000177. The van der Waals surface area contributed by atoms with Gasteiger partial charge >= 0.3 is 0 Å². The van der Waals surface area contributed by atoms with Gasteiger partial charge in [-0.05, 0) is 87.1 Å². The number of nitrogens with one attached hydrogen (secondary N) is 4. The second kappa shape index (κ2) is 18.3. The highest BCUT2D eigenvalue weighted by atomic mass is 16.6. The number of carbonyl (C=O) groups is 2. The smallest absolute Gasteiger partial charge is 0.254 e. The first-order valence-corrected chi connectivity index (χ1v) is 19.3. The molecular formula is C44H44N8O6. The van der Waals surface area contributed by atoms with Crippen molar-refractivity contribution in [2.24, 2.45) is 0 Å². The first-order valence-electron chi connectivity index (χ1n) is 19.3. The van der Waals surface area contributed by atoms with E-state index in [1.165, 1.54) is 11.1 Å². The highest BCUT2D eigenvalue weighted by Gasteiger charge is 2.24. The van der Waals surface area contributed by atoms with Gasteiger partial charge in [-0.25, -0.2) is 9.97 Å². The third-order valence-electron chi connectivity index (χ3n) is 10.0. The number of benzene rings is 2. The molecule has 0 spiro atoms. The van der Waals surface area contributed by atoms with Crippen molar-refractivity contribution >= 4 is 11.8 Å². The summed E-state index contributed by atoms with van der Waals surface area (Å²) in [5, 5.41) is 5.94. The molecule has 0 fully saturated rings. The molecule has 1 aliphatic carbocycles. The van der Waals surface area contributed by atoms with E-state index in [1.54, 1.807) is 44.4 Å². The predicted molar refractivity (Wildman–Crippen MR) is 217 cm³/mol. The maximum atomic E-state index is 12.5. The van der Waals surface area contributed by atoms with E-state index < -0.39 is 0 Å². The first-order chi connectivity index (χ1) is 28.2. The van der Waals surface area contributed by atoms with Crippen LogP contribution < -0.4 is 31.2 Å². The molecule has 2 aliphatic rings. The van der Waals surface area contributed by atoms with E-state index in [0.29, 0.717) is 83.0 Å². The Morgan fingerprint density at radius 2 is 1.29 bits per heavy atom. The fourth-order valence-electron chi connectivity index (χ4n) is 6.99. The summed E-state index contributed by atoms with van der Waals surface area (Å²) in [5.74, 6) is 2.03. The molecule has 4 N–H and O–H groups in total. The second-order valence-electron chi connectivity index (χ2n) is 14.0. The molecular weight excluding hydrogens is 737 g/mol. The van der Waals surface area contributed by atoms with Gasteiger partial charge in [-0.15, -0.1) is 0 Å². The van der Waals surface area contributed by atoms with Crippen LogP contribution in [-0.4, -0.2) is 61.0 Å². The van der Waals surface area contributed by atoms with E-state index in [2.05, 4.69) is 52.7 Å². The number of aryl methyl sites for hydroxylation is 3. The number of para-hydroxylation sites is 2.